The zero-order valence-corrected chi connectivity index (χ0v) is 22.6. The van der Waals surface area contributed by atoms with Crippen molar-refractivity contribution in [2.45, 2.75) is 64.3 Å². The molecule has 0 aliphatic carbocycles. The van der Waals surface area contributed by atoms with E-state index in [4.69, 9.17) is 0 Å². The van der Waals surface area contributed by atoms with Gasteiger partial charge in [-0.3, -0.25) is 9.59 Å². The normalized spacial score (nSPS) is 14.8. The molecule has 0 radical (unpaired) electrons. The van der Waals surface area contributed by atoms with Gasteiger partial charge < -0.3 is 10.2 Å². The monoisotopic (exact) mass is 501 g/mol. The van der Waals surface area contributed by atoms with Gasteiger partial charge in [0.25, 0.3) is 0 Å². The van der Waals surface area contributed by atoms with Crippen molar-refractivity contribution in [2.75, 3.05) is 26.2 Å². The van der Waals surface area contributed by atoms with Crippen LogP contribution in [0.1, 0.15) is 64.2 Å². The first-order valence-corrected chi connectivity index (χ1v) is 13.4. The predicted molar refractivity (Wildman–Crippen MR) is 140 cm³/mol. The third-order valence-corrected chi connectivity index (χ3v) is 7.99. The second-order valence-electron chi connectivity index (χ2n) is 10.1. The largest absolute Gasteiger partial charge is 0.355 e. The van der Waals surface area contributed by atoms with E-state index in [0.29, 0.717) is 43.5 Å². The van der Waals surface area contributed by atoms with E-state index >= 15 is 0 Å². The molecular formula is C27H39N3O4S. The summed E-state index contributed by atoms with van der Waals surface area (Å²) in [5.41, 5.74) is 3.56. The van der Waals surface area contributed by atoms with Gasteiger partial charge in [-0.15, -0.1) is 0 Å². The lowest BCUT2D eigenvalue weighted by Crippen LogP contribution is -2.49. The summed E-state index contributed by atoms with van der Waals surface area (Å²) in [4.78, 5) is 23.3. The molecule has 0 aromatic heterocycles. The maximum atomic E-state index is 12.6. The van der Waals surface area contributed by atoms with Gasteiger partial charge in [-0.25, -0.2) is 8.42 Å². The molecule has 1 aliphatic rings. The lowest BCUT2D eigenvalue weighted by atomic mass is 9.87. The number of nitrogens with one attached hydrogen (secondary N) is 1. The summed E-state index contributed by atoms with van der Waals surface area (Å²) in [6, 6.07) is 15.4. The summed E-state index contributed by atoms with van der Waals surface area (Å²) in [6.07, 6.45) is 0.719. The Kier molecular flexibility index (Phi) is 10.0. The SMILES string of the molecule is CC(=O)N1CCN(S(=O)(=O)c2ccc(C(C)(C)C)cc2)CC1.CC(C)c1ccc(CNC=O)cc1. The number of carbonyl (C=O) groups is 2. The Morgan fingerprint density at radius 2 is 1.51 bits per heavy atom. The number of amides is 2. The molecule has 1 fully saturated rings. The van der Waals surface area contributed by atoms with Crippen LogP contribution in [-0.4, -0.2) is 56.1 Å². The van der Waals surface area contributed by atoms with Crippen LogP contribution in [-0.2, 0) is 31.6 Å². The minimum atomic E-state index is -3.48. The van der Waals surface area contributed by atoms with Crippen LogP contribution in [0.3, 0.4) is 0 Å². The van der Waals surface area contributed by atoms with Gasteiger partial charge in [0.15, 0.2) is 0 Å². The van der Waals surface area contributed by atoms with Gasteiger partial charge >= 0.3 is 0 Å². The van der Waals surface area contributed by atoms with Crippen LogP contribution in [0, 0.1) is 0 Å². The van der Waals surface area contributed by atoms with Gasteiger partial charge in [-0.05, 0) is 40.2 Å². The summed E-state index contributed by atoms with van der Waals surface area (Å²) in [7, 11) is -3.48. The topological polar surface area (TPSA) is 86.8 Å². The number of carbonyl (C=O) groups excluding carboxylic acids is 2. The van der Waals surface area contributed by atoms with Crippen molar-refractivity contribution in [3.63, 3.8) is 0 Å². The van der Waals surface area contributed by atoms with Crippen molar-refractivity contribution in [1.29, 1.82) is 0 Å². The highest BCUT2D eigenvalue weighted by Gasteiger charge is 2.29. The Hall–Kier alpha value is -2.71. The molecule has 1 heterocycles. The van der Waals surface area contributed by atoms with Gasteiger partial charge in [0, 0.05) is 39.6 Å². The van der Waals surface area contributed by atoms with E-state index in [1.165, 1.54) is 16.8 Å². The van der Waals surface area contributed by atoms with E-state index in [-0.39, 0.29) is 11.3 Å². The van der Waals surface area contributed by atoms with Crippen molar-refractivity contribution in [3.8, 4) is 0 Å². The summed E-state index contributed by atoms with van der Waals surface area (Å²) in [6.45, 7) is 14.3. The summed E-state index contributed by atoms with van der Waals surface area (Å²) in [5, 5.41) is 2.63. The van der Waals surface area contributed by atoms with Gasteiger partial charge in [-0.1, -0.05) is 71.0 Å². The van der Waals surface area contributed by atoms with Crippen LogP contribution in [0.25, 0.3) is 0 Å². The molecule has 0 unspecified atom stereocenters. The lowest BCUT2D eigenvalue weighted by Gasteiger charge is -2.33. The van der Waals surface area contributed by atoms with Crippen molar-refractivity contribution >= 4 is 22.3 Å². The first-order chi connectivity index (χ1) is 16.4. The van der Waals surface area contributed by atoms with E-state index < -0.39 is 10.0 Å². The van der Waals surface area contributed by atoms with Crippen LogP contribution in [0.15, 0.2) is 53.4 Å². The summed E-state index contributed by atoms with van der Waals surface area (Å²) in [5.74, 6) is 0.555. The van der Waals surface area contributed by atoms with E-state index in [2.05, 4.69) is 52.1 Å². The molecule has 1 aliphatic heterocycles. The number of rotatable bonds is 6. The fraction of sp³-hybridized carbons (Fsp3) is 0.481. The standard InChI is InChI=1S/C16H24N2O3S.C11H15NO/c1-13(19)17-9-11-18(12-10-17)22(20,21)15-7-5-14(6-8-15)16(2,3)4;1-9(2)11-5-3-10(4-6-11)7-12-8-13/h5-8H,9-12H2,1-4H3;3-6,8-9H,7H2,1-2H3,(H,12,13). The molecule has 1 N–H and O–H groups in total. The van der Waals surface area contributed by atoms with Crippen LogP contribution >= 0.6 is 0 Å². The molecule has 2 aromatic rings. The molecule has 0 atom stereocenters. The van der Waals surface area contributed by atoms with E-state index in [1.54, 1.807) is 17.0 Å². The minimum Gasteiger partial charge on any atom is -0.355 e. The Morgan fingerprint density at radius 3 is 1.94 bits per heavy atom. The smallest absolute Gasteiger partial charge is 0.243 e. The number of sulfonamides is 1. The van der Waals surface area contributed by atoms with Crippen molar-refractivity contribution in [1.82, 2.24) is 14.5 Å². The average molecular weight is 502 g/mol. The van der Waals surface area contributed by atoms with E-state index in [1.807, 2.05) is 24.3 Å². The molecule has 0 saturated carbocycles. The molecule has 1 saturated heterocycles. The number of hydrogen-bond acceptors (Lipinski definition) is 4. The van der Waals surface area contributed by atoms with Crippen LogP contribution in [0.4, 0.5) is 0 Å². The highest BCUT2D eigenvalue weighted by atomic mass is 32.2. The van der Waals surface area contributed by atoms with E-state index in [0.717, 1.165) is 17.5 Å². The highest BCUT2D eigenvalue weighted by molar-refractivity contribution is 7.89. The Labute approximate surface area is 210 Å². The summed E-state index contributed by atoms with van der Waals surface area (Å²) >= 11 is 0. The molecule has 192 valence electrons. The molecule has 3 rings (SSSR count). The fourth-order valence-electron chi connectivity index (χ4n) is 3.70. The van der Waals surface area contributed by atoms with E-state index in [9.17, 15) is 18.0 Å². The zero-order chi connectivity index (χ0) is 26.2. The third-order valence-electron chi connectivity index (χ3n) is 6.08. The zero-order valence-electron chi connectivity index (χ0n) is 21.7. The maximum absolute atomic E-state index is 12.6. The molecule has 2 amide bonds. The molecule has 35 heavy (non-hydrogen) atoms. The van der Waals surface area contributed by atoms with Gasteiger partial charge in [0.1, 0.15) is 0 Å². The number of hydrogen-bond donors (Lipinski definition) is 1. The molecular weight excluding hydrogens is 462 g/mol. The number of piperazine rings is 1. The minimum absolute atomic E-state index is 0.00456. The molecule has 7 nitrogen and oxygen atoms in total. The molecule has 8 heteroatoms. The molecule has 0 bridgehead atoms. The fourth-order valence-corrected chi connectivity index (χ4v) is 5.12. The second-order valence-corrected chi connectivity index (χ2v) is 12.0. The van der Waals surface area contributed by atoms with Gasteiger partial charge in [0.2, 0.25) is 22.3 Å². The van der Waals surface area contributed by atoms with Crippen molar-refractivity contribution in [2.24, 2.45) is 0 Å². The Bertz CT molecular complexity index is 1060. The van der Waals surface area contributed by atoms with Crippen LogP contribution in [0.5, 0.6) is 0 Å². The van der Waals surface area contributed by atoms with Crippen molar-refractivity contribution in [3.05, 3.63) is 65.2 Å². The van der Waals surface area contributed by atoms with Gasteiger partial charge in [0.05, 0.1) is 4.90 Å². The quantitative estimate of drug-likeness (QED) is 0.609. The molecule has 2 aromatic carbocycles. The summed E-state index contributed by atoms with van der Waals surface area (Å²) < 4.78 is 26.8. The van der Waals surface area contributed by atoms with Crippen LogP contribution in [0.2, 0.25) is 0 Å². The number of nitrogens with zero attached hydrogens (tertiary/aromatic N) is 2. The molecule has 0 spiro atoms. The lowest BCUT2D eigenvalue weighted by molar-refractivity contribution is -0.130. The second kappa shape index (κ2) is 12.3. The first-order valence-electron chi connectivity index (χ1n) is 12.0. The maximum Gasteiger partial charge on any atom is 0.243 e. The van der Waals surface area contributed by atoms with Gasteiger partial charge in [-0.2, -0.15) is 4.31 Å². The Morgan fingerprint density at radius 1 is 0.971 bits per heavy atom. The van der Waals surface area contributed by atoms with Crippen LogP contribution < -0.4 is 5.32 Å². The Balaban J connectivity index is 0.000000283. The predicted octanol–water partition coefficient (Wildman–Crippen LogP) is 3.89. The number of benzene rings is 2. The third kappa shape index (κ3) is 8.18. The highest BCUT2D eigenvalue weighted by Crippen LogP contribution is 2.25. The first kappa shape index (κ1) is 28.5. The average Bonchev–Trinajstić information content (AvgIpc) is 2.83. The van der Waals surface area contributed by atoms with Crippen molar-refractivity contribution < 1.29 is 18.0 Å².